The summed E-state index contributed by atoms with van der Waals surface area (Å²) >= 11 is 0. The zero-order valence-electron chi connectivity index (χ0n) is 11.9. The molecule has 2 rings (SSSR count). The maximum absolute atomic E-state index is 13.7. The number of hydrogen-bond donors (Lipinski definition) is 1. The fourth-order valence-corrected chi connectivity index (χ4v) is 3.80. The second kappa shape index (κ2) is 6.37. The smallest absolute Gasteiger partial charge is 0.211 e. The molecule has 0 amide bonds. The quantitative estimate of drug-likeness (QED) is 0.924. The van der Waals surface area contributed by atoms with Crippen LogP contribution in [0.3, 0.4) is 0 Å². The van der Waals surface area contributed by atoms with Crippen molar-refractivity contribution in [1.29, 1.82) is 0 Å². The number of halogens is 2. The molecule has 1 saturated heterocycles. The number of hydrogen-bond acceptors (Lipinski definition) is 3. The van der Waals surface area contributed by atoms with Crippen LogP contribution in [0.5, 0.6) is 0 Å². The first-order chi connectivity index (χ1) is 9.79. The van der Waals surface area contributed by atoms with Gasteiger partial charge in [0, 0.05) is 24.7 Å². The molecule has 7 heteroatoms. The first-order valence-electron chi connectivity index (χ1n) is 6.93. The molecule has 2 unspecified atom stereocenters. The maximum atomic E-state index is 13.7. The van der Waals surface area contributed by atoms with Gasteiger partial charge in [-0.25, -0.2) is 21.5 Å². The summed E-state index contributed by atoms with van der Waals surface area (Å²) in [5.41, 5.74) is 5.82. The molecule has 1 aliphatic heterocycles. The molecule has 0 aromatic heterocycles. The molecule has 1 fully saturated rings. The number of nitrogens with two attached hydrogens (primary N) is 1. The van der Waals surface area contributed by atoms with E-state index in [0.29, 0.717) is 19.5 Å². The van der Waals surface area contributed by atoms with E-state index in [-0.39, 0.29) is 11.5 Å². The van der Waals surface area contributed by atoms with Gasteiger partial charge in [-0.2, -0.15) is 0 Å². The van der Waals surface area contributed by atoms with Crippen molar-refractivity contribution < 1.29 is 17.2 Å². The van der Waals surface area contributed by atoms with Crippen molar-refractivity contribution in [2.24, 2.45) is 11.7 Å². The zero-order chi connectivity index (χ0) is 15.6. The summed E-state index contributed by atoms with van der Waals surface area (Å²) in [6.07, 6.45) is 3.09. The highest BCUT2D eigenvalue weighted by Gasteiger charge is 2.28. The van der Waals surface area contributed by atoms with E-state index in [0.717, 1.165) is 12.8 Å². The minimum Gasteiger partial charge on any atom is -0.324 e. The highest BCUT2D eigenvalue weighted by Crippen LogP contribution is 2.29. The van der Waals surface area contributed by atoms with E-state index in [9.17, 15) is 17.2 Å². The molecule has 2 N–H and O–H groups in total. The van der Waals surface area contributed by atoms with Crippen LogP contribution in [-0.2, 0) is 10.0 Å². The van der Waals surface area contributed by atoms with Gasteiger partial charge in [0.2, 0.25) is 10.0 Å². The highest BCUT2D eigenvalue weighted by atomic mass is 32.2. The summed E-state index contributed by atoms with van der Waals surface area (Å²) < 4.78 is 51.9. The number of nitrogens with zero attached hydrogens (tertiary/aromatic N) is 1. The maximum Gasteiger partial charge on any atom is 0.211 e. The Morgan fingerprint density at radius 2 is 2.00 bits per heavy atom. The van der Waals surface area contributed by atoms with Crippen LogP contribution in [0.4, 0.5) is 8.78 Å². The van der Waals surface area contributed by atoms with Crippen LogP contribution in [0.15, 0.2) is 18.2 Å². The zero-order valence-corrected chi connectivity index (χ0v) is 12.7. The Morgan fingerprint density at radius 3 is 2.57 bits per heavy atom. The summed E-state index contributed by atoms with van der Waals surface area (Å²) in [5.74, 6) is -1.29. The molecule has 0 aliphatic carbocycles. The lowest BCUT2D eigenvalue weighted by molar-refractivity contribution is 0.245. The van der Waals surface area contributed by atoms with Crippen molar-refractivity contribution in [2.45, 2.75) is 25.3 Å². The van der Waals surface area contributed by atoms with Crippen molar-refractivity contribution >= 4 is 10.0 Å². The van der Waals surface area contributed by atoms with Gasteiger partial charge < -0.3 is 5.73 Å². The van der Waals surface area contributed by atoms with Crippen LogP contribution in [0.2, 0.25) is 0 Å². The Kier molecular flexibility index (Phi) is 4.95. The van der Waals surface area contributed by atoms with Gasteiger partial charge in [0.1, 0.15) is 11.6 Å². The van der Waals surface area contributed by atoms with Gasteiger partial charge in [0.15, 0.2) is 0 Å². The Hall–Kier alpha value is -1.05. The normalized spacial score (nSPS) is 22.2. The van der Waals surface area contributed by atoms with E-state index < -0.39 is 27.7 Å². The number of benzene rings is 1. The molecule has 0 radical (unpaired) electrons. The van der Waals surface area contributed by atoms with Crippen LogP contribution in [0.25, 0.3) is 0 Å². The minimum absolute atomic E-state index is 0.0162. The van der Waals surface area contributed by atoms with Crippen LogP contribution in [0.1, 0.15) is 30.9 Å². The Bertz CT molecular complexity index is 587. The summed E-state index contributed by atoms with van der Waals surface area (Å²) in [5, 5.41) is 0. The Balaban J connectivity index is 2.07. The van der Waals surface area contributed by atoms with E-state index in [1.54, 1.807) is 0 Å². The summed E-state index contributed by atoms with van der Waals surface area (Å²) in [6, 6.07) is 2.90. The van der Waals surface area contributed by atoms with Crippen LogP contribution >= 0.6 is 0 Å². The molecule has 4 nitrogen and oxygen atoms in total. The van der Waals surface area contributed by atoms with E-state index in [1.165, 1.54) is 28.8 Å². The van der Waals surface area contributed by atoms with Gasteiger partial charge >= 0.3 is 0 Å². The molecule has 1 aromatic carbocycles. The predicted octanol–water partition coefficient (Wildman–Crippen LogP) is 2.03. The van der Waals surface area contributed by atoms with Crippen molar-refractivity contribution in [3.05, 3.63) is 35.4 Å². The summed E-state index contributed by atoms with van der Waals surface area (Å²) in [7, 11) is -3.23. The van der Waals surface area contributed by atoms with Gasteiger partial charge in [0.05, 0.1) is 6.26 Å². The lowest BCUT2D eigenvalue weighted by atomic mass is 9.89. The van der Waals surface area contributed by atoms with Crippen molar-refractivity contribution in [3.63, 3.8) is 0 Å². The Morgan fingerprint density at radius 1 is 1.38 bits per heavy atom. The monoisotopic (exact) mass is 318 g/mol. The van der Waals surface area contributed by atoms with Crippen LogP contribution in [-0.4, -0.2) is 32.1 Å². The topological polar surface area (TPSA) is 63.4 Å². The molecule has 0 bridgehead atoms. The SMILES string of the molecule is CS(=O)(=O)N1CCCC(CC(N)c2c(F)cccc2F)C1. The van der Waals surface area contributed by atoms with Crippen molar-refractivity contribution in [1.82, 2.24) is 4.31 Å². The fourth-order valence-electron chi connectivity index (χ4n) is 2.86. The standard InChI is InChI=1S/C14H20F2N2O2S/c1-21(19,20)18-7-3-4-10(9-18)8-13(17)14-11(15)5-2-6-12(14)16/h2,5-6,10,13H,3-4,7-9,17H2,1H3. The number of sulfonamides is 1. The average molecular weight is 318 g/mol. The lowest BCUT2D eigenvalue weighted by Crippen LogP contribution is -2.40. The van der Waals surface area contributed by atoms with Gasteiger partial charge in [-0.1, -0.05) is 6.07 Å². The van der Waals surface area contributed by atoms with E-state index in [4.69, 9.17) is 5.73 Å². The van der Waals surface area contributed by atoms with Gasteiger partial charge in [-0.3, -0.25) is 0 Å². The third-order valence-electron chi connectivity index (χ3n) is 3.91. The lowest BCUT2D eigenvalue weighted by Gasteiger charge is -2.32. The van der Waals surface area contributed by atoms with Gasteiger partial charge in [0.25, 0.3) is 0 Å². The Labute approximate surface area is 124 Å². The molecule has 0 saturated carbocycles. The van der Waals surface area contributed by atoms with Gasteiger partial charge in [-0.05, 0) is 37.3 Å². The molecule has 1 aliphatic rings. The second-order valence-corrected chi connectivity index (χ2v) is 7.59. The molecule has 21 heavy (non-hydrogen) atoms. The second-order valence-electron chi connectivity index (χ2n) is 5.61. The van der Waals surface area contributed by atoms with E-state index in [2.05, 4.69) is 0 Å². The largest absolute Gasteiger partial charge is 0.324 e. The first kappa shape index (κ1) is 16.3. The molecule has 1 aromatic rings. The average Bonchev–Trinajstić information content (AvgIpc) is 2.37. The highest BCUT2D eigenvalue weighted by molar-refractivity contribution is 7.88. The fraction of sp³-hybridized carbons (Fsp3) is 0.571. The molecular weight excluding hydrogens is 298 g/mol. The summed E-state index contributed by atoms with van der Waals surface area (Å²) in [6.45, 7) is 0.862. The third-order valence-corrected chi connectivity index (χ3v) is 5.18. The van der Waals surface area contributed by atoms with E-state index in [1.807, 2.05) is 0 Å². The van der Waals surface area contributed by atoms with Crippen molar-refractivity contribution in [2.75, 3.05) is 19.3 Å². The van der Waals surface area contributed by atoms with E-state index >= 15 is 0 Å². The van der Waals surface area contributed by atoms with Crippen LogP contribution < -0.4 is 5.73 Å². The van der Waals surface area contributed by atoms with Crippen molar-refractivity contribution in [3.8, 4) is 0 Å². The third kappa shape index (κ3) is 3.99. The molecular formula is C14H20F2N2O2S. The molecule has 1 heterocycles. The number of rotatable bonds is 4. The molecule has 2 atom stereocenters. The molecule has 0 spiro atoms. The number of piperidine rings is 1. The predicted molar refractivity (Wildman–Crippen MR) is 77.0 cm³/mol. The minimum atomic E-state index is -3.23. The van der Waals surface area contributed by atoms with Gasteiger partial charge in [-0.15, -0.1) is 0 Å². The summed E-state index contributed by atoms with van der Waals surface area (Å²) in [4.78, 5) is 0. The first-order valence-corrected chi connectivity index (χ1v) is 8.78. The molecule has 118 valence electrons. The van der Waals surface area contributed by atoms with Crippen LogP contribution in [0, 0.1) is 17.6 Å².